The zero-order valence-corrected chi connectivity index (χ0v) is 14.6. The zero-order valence-electron chi connectivity index (χ0n) is 14.6. The van der Waals surface area contributed by atoms with Gasteiger partial charge < -0.3 is 10.1 Å². The monoisotopic (exact) mass is 319 g/mol. The lowest BCUT2D eigenvalue weighted by Gasteiger charge is -2.12. The highest BCUT2D eigenvalue weighted by Gasteiger charge is 2.17. The normalized spacial score (nSPS) is 10.6. The minimum Gasteiger partial charge on any atom is -0.462 e. The summed E-state index contributed by atoms with van der Waals surface area (Å²) in [6.07, 6.45) is 6.85. The van der Waals surface area contributed by atoms with Gasteiger partial charge in [0, 0.05) is 6.04 Å². The number of nitrogens with one attached hydrogen (secondary N) is 1. The Kier molecular flexibility index (Phi) is 9.03. The van der Waals surface area contributed by atoms with E-state index >= 15 is 0 Å². The van der Waals surface area contributed by atoms with Crippen LogP contribution in [0.1, 0.15) is 80.0 Å². The van der Waals surface area contributed by atoms with Crippen LogP contribution in [0.2, 0.25) is 0 Å². The van der Waals surface area contributed by atoms with Crippen LogP contribution < -0.4 is 5.32 Å². The number of amides is 1. The SMILES string of the molecule is CCCCCCCCOC(=O)c1ccccc1C(=O)NC(C)C. The van der Waals surface area contributed by atoms with Crippen LogP contribution in [0.3, 0.4) is 0 Å². The van der Waals surface area contributed by atoms with E-state index in [2.05, 4.69) is 12.2 Å². The molecule has 1 aromatic rings. The smallest absolute Gasteiger partial charge is 0.338 e. The molecule has 0 fully saturated rings. The Morgan fingerprint density at radius 2 is 1.61 bits per heavy atom. The van der Waals surface area contributed by atoms with E-state index < -0.39 is 5.97 Å². The van der Waals surface area contributed by atoms with Crippen molar-refractivity contribution in [2.75, 3.05) is 6.61 Å². The van der Waals surface area contributed by atoms with Crippen LogP contribution in [0.15, 0.2) is 24.3 Å². The number of hydrogen-bond donors (Lipinski definition) is 1. The second-order valence-corrected chi connectivity index (χ2v) is 6.08. The van der Waals surface area contributed by atoms with Crippen LogP contribution in [0.5, 0.6) is 0 Å². The molecule has 0 heterocycles. The minimum atomic E-state index is -0.423. The first-order valence-corrected chi connectivity index (χ1v) is 8.63. The van der Waals surface area contributed by atoms with Crippen LogP contribution in [0, 0.1) is 0 Å². The summed E-state index contributed by atoms with van der Waals surface area (Å²) in [7, 11) is 0. The average Bonchev–Trinajstić information content (AvgIpc) is 2.53. The second kappa shape index (κ2) is 10.8. The maximum absolute atomic E-state index is 12.2. The molecular formula is C19H29NO3. The molecule has 23 heavy (non-hydrogen) atoms. The van der Waals surface area contributed by atoms with Crippen LogP contribution >= 0.6 is 0 Å². The van der Waals surface area contributed by atoms with Crippen LogP contribution in [0.4, 0.5) is 0 Å². The third kappa shape index (κ3) is 7.31. The molecule has 0 aliphatic carbocycles. The molecule has 0 saturated carbocycles. The Morgan fingerprint density at radius 3 is 2.26 bits per heavy atom. The molecule has 0 atom stereocenters. The van der Waals surface area contributed by atoms with E-state index in [9.17, 15) is 9.59 Å². The molecule has 0 aliphatic rings. The van der Waals surface area contributed by atoms with Gasteiger partial charge in [-0.2, -0.15) is 0 Å². The maximum Gasteiger partial charge on any atom is 0.338 e. The van der Waals surface area contributed by atoms with Gasteiger partial charge in [0.1, 0.15) is 0 Å². The highest BCUT2D eigenvalue weighted by Crippen LogP contribution is 2.12. The zero-order chi connectivity index (χ0) is 17.1. The Balaban J connectivity index is 2.48. The van der Waals surface area contributed by atoms with Crippen molar-refractivity contribution in [3.8, 4) is 0 Å². The van der Waals surface area contributed by atoms with Gasteiger partial charge in [-0.3, -0.25) is 4.79 Å². The van der Waals surface area contributed by atoms with E-state index in [1.54, 1.807) is 24.3 Å². The molecule has 1 aromatic carbocycles. The molecule has 128 valence electrons. The molecule has 4 heteroatoms. The molecule has 0 aromatic heterocycles. The topological polar surface area (TPSA) is 55.4 Å². The average molecular weight is 319 g/mol. The molecular weight excluding hydrogens is 290 g/mol. The van der Waals surface area contributed by atoms with Gasteiger partial charge in [0.25, 0.3) is 5.91 Å². The van der Waals surface area contributed by atoms with E-state index in [0.717, 1.165) is 12.8 Å². The number of rotatable bonds is 10. The summed E-state index contributed by atoms with van der Waals surface area (Å²) in [5.41, 5.74) is 0.700. The summed E-state index contributed by atoms with van der Waals surface area (Å²) in [4.78, 5) is 24.3. The number of esters is 1. The van der Waals surface area contributed by atoms with Gasteiger partial charge in [0.05, 0.1) is 17.7 Å². The van der Waals surface area contributed by atoms with Crippen molar-refractivity contribution in [1.29, 1.82) is 0 Å². The number of carbonyl (C=O) groups excluding carboxylic acids is 2. The lowest BCUT2D eigenvalue weighted by atomic mass is 10.1. The van der Waals surface area contributed by atoms with Crippen LogP contribution in [-0.4, -0.2) is 24.5 Å². The second-order valence-electron chi connectivity index (χ2n) is 6.08. The fourth-order valence-electron chi connectivity index (χ4n) is 2.32. The number of carbonyl (C=O) groups is 2. The quantitative estimate of drug-likeness (QED) is 0.515. The number of benzene rings is 1. The Morgan fingerprint density at radius 1 is 1.00 bits per heavy atom. The highest BCUT2D eigenvalue weighted by molar-refractivity contribution is 6.05. The van der Waals surface area contributed by atoms with E-state index in [-0.39, 0.29) is 11.9 Å². The van der Waals surface area contributed by atoms with Crippen molar-refractivity contribution >= 4 is 11.9 Å². The summed E-state index contributed by atoms with van der Waals surface area (Å²) in [6.45, 7) is 6.37. The molecule has 0 spiro atoms. The van der Waals surface area contributed by atoms with Gasteiger partial charge in [-0.05, 0) is 32.4 Å². The lowest BCUT2D eigenvalue weighted by molar-refractivity contribution is 0.0494. The van der Waals surface area contributed by atoms with E-state index in [4.69, 9.17) is 4.74 Å². The number of hydrogen-bond acceptors (Lipinski definition) is 3. The van der Waals surface area contributed by atoms with Gasteiger partial charge in [0.2, 0.25) is 0 Å². The first-order chi connectivity index (χ1) is 11.1. The first kappa shape index (κ1) is 19.2. The molecule has 0 radical (unpaired) electrons. The van der Waals surface area contributed by atoms with Crippen molar-refractivity contribution < 1.29 is 14.3 Å². The standard InChI is InChI=1S/C19H29NO3/c1-4-5-6-7-8-11-14-23-19(22)17-13-10-9-12-16(17)18(21)20-15(2)3/h9-10,12-13,15H,4-8,11,14H2,1-3H3,(H,20,21). The highest BCUT2D eigenvalue weighted by atomic mass is 16.5. The number of unbranched alkanes of at least 4 members (excludes halogenated alkanes) is 5. The fourth-order valence-corrected chi connectivity index (χ4v) is 2.32. The largest absolute Gasteiger partial charge is 0.462 e. The maximum atomic E-state index is 12.2. The molecule has 4 nitrogen and oxygen atoms in total. The minimum absolute atomic E-state index is 0.0229. The van der Waals surface area contributed by atoms with Gasteiger partial charge in [0.15, 0.2) is 0 Å². The Bertz CT molecular complexity index is 497. The third-order valence-corrected chi connectivity index (χ3v) is 3.54. The fraction of sp³-hybridized carbons (Fsp3) is 0.579. The Hall–Kier alpha value is -1.84. The molecule has 1 rings (SSSR count). The summed E-state index contributed by atoms with van der Waals surface area (Å²) in [6, 6.07) is 6.81. The van der Waals surface area contributed by atoms with Crippen molar-refractivity contribution in [2.24, 2.45) is 0 Å². The van der Waals surface area contributed by atoms with Crippen LogP contribution in [-0.2, 0) is 4.74 Å². The predicted octanol–water partition coefficient (Wildman–Crippen LogP) is 4.34. The van der Waals surface area contributed by atoms with Gasteiger partial charge in [-0.25, -0.2) is 4.79 Å². The number of ether oxygens (including phenoxy) is 1. The van der Waals surface area contributed by atoms with Crippen molar-refractivity contribution in [3.05, 3.63) is 35.4 Å². The molecule has 0 aliphatic heterocycles. The summed E-state index contributed by atoms with van der Waals surface area (Å²) >= 11 is 0. The molecule has 1 N–H and O–H groups in total. The van der Waals surface area contributed by atoms with E-state index in [1.807, 2.05) is 13.8 Å². The van der Waals surface area contributed by atoms with Crippen molar-refractivity contribution in [2.45, 2.75) is 65.3 Å². The molecule has 0 unspecified atom stereocenters. The summed E-state index contributed by atoms with van der Waals surface area (Å²) in [5, 5.41) is 2.80. The van der Waals surface area contributed by atoms with Crippen molar-refractivity contribution in [3.63, 3.8) is 0 Å². The molecule has 1 amide bonds. The molecule has 0 saturated heterocycles. The van der Waals surface area contributed by atoms with Gasteiger partial charge >= 0.3 is 5.97 Å². The molecule has 0 bridgehead atoms. The summed E-state index contributed by atoms with van der Waals surface area (Å²) < 4.78 is 5.31. The van der Waals surface area contributed by atoms with Crippen LogP contribution in [0.25, 0.3) is 0 Å². The van der Waals surface area contributed by atoms with Gasteiger partial charge in [-0.15, -0.1) is 0 Å². The lowest BCUT2D eigenvalue weighted by Crippen LogP contribution is -2.31. The third-order valence-electron chi connectivity index (χ3n) is 3.54. The predicted molar refractivity (Wildman–Crippen MR) is 92.7 cm³/mol. The van der Waals surface area contributed by atoms with Crippen molar-refractivity contribution in [1.82, 2.24) is 5.32 Å². The van der Waals surface area contributed by atoms with E-state index in [1.165, 1.54) is 25.7 Å². The first-order valence-electron chi connectivity index (χ1n) is 8.63. The van der Waals surface area contributed by atoms with E-state index in [0.29, 0.717) is 17.7 Å². The Labute approximate surface area is 139 Å². The van der Waals surface area contributed by atoms with Gasteiger partial charge in [-0.1, -0.05) is 51.2 Å². The summed E-state index contributed by atoms with van der Waals surface area (Å²) in [5.74, 6) is -0.667.